The summed E-state index contributed by atoms with van der Waals surface area (Å²) in [6, 6.07) is 18.4. The molecule has 1 saturated carbocycles. The maximum atomic E-state index is 13.1. The van der Waals surface area contributed by atoms with Crippen LogP contribution in [0.15, 0.2) is 77.2 Å². The van der Waals surface area contributed by atoms with E-state index < -0.39 is 0 Å². The van der Waals surface area contributed by atoms with Crippen LogP contribution in [0.25, 0.3) is 22.2 Å². The van der Waals surface area contributed by atoms with Crippen molar-refractivity contribution in [2.24, 2.45) is 13.0 Å². The molecule has 0 saturated heterocycles. The second kappa shape index (κ2) is 10.2. The number of pyridine rings is 1. The molecular weight excluding hydrogens is 488 g/mol. The van der Waals surface area contributed by atoms with Crippen LogP contribution in [0.2, 0.25) is 5.02 Å². The minimum absolute atomic E-state index is 0.157. The van der Waals surface area contributed by atoms with Gasteiger partial charge in [0.25, 0.3) is 11.5 Å². The molecule has 2 aromatic heterocycles. The number of rotatable bonds is 7. The lowest BCUT2D eigenvalue weighted by Crippen LogP contribution is -2.24. The number of carbonyl (C=O) groups is 1. The number of nitrogens with one attached hydrogen (secondary N) is 2. The summed E-state index contributed by atoms with van der Waals surface area (Å²) in [6.07, 6.45) is 5.46. The van der Waals surface area contributed by atoms with Crippen molar-refractivity contribution in [3.63, 3.8) is 0 Å². The largest absolute Gasteiger partial charge is 0.347 e. The first kappa shape index (κ1) is 24.2. The highest BCUT2D eigenvalue weighted by molar-refractivity contribution is 6.33. The lowest BCUT2D eigenvalue weighted by atomic mass is 10.1. The third-order valence-corrected chi connectivity index (χ3v) is 6.47. The number of aromatic nitrogens is 3. The molecule has 0 atom stereocenters. The van der Waals surface area contributed by atoms with Gasteiger partial charge in [0.15, 0.2) is 0 Å². The van der Waals surface area contributed by atoms with Crippen LogP contribution >= 0.6 is 11.6 Å². The van der Waals surface area contributed by atoms with Crippen LogP contribution in [0.1, 0.15) is 18.4 Å². The van der Waals surface area contributed by atoms with Crippen molar-refractivity contribution in [3.8, 4) is 17.2 Å². The number of allylic oxidation sites excluding steroid dienone is 1. The van der Waals surface area contributed by atoms with Crippen molar-refractivity contribution in [2.75, 3.05) is 5.32 Å². The summed E-state index contributed by atoms with van der Waals surface area (Å²) in [5.74, 6) is 0.299. The monoisotopic (exact) mass is 510 g/mol. The molecule has 4 aromatic rings. The van der Waals surface area contributed by atoms with Crippen molar-refractivity contribution in [3.05, 3.63) is 93.4 Å². The van der Waals surface area contributed by atoms with E-state index in [1.54, 1.807) is 31.5 Å². The van der Waals surface area contributed by atoms with Gasteiger partial charge in [-0.05, 0) is 48.6 Å². The Bertz CT molecular complexity index is 1650. The fraction of sp³-hybridized carbons (Fsp3) is 0.179. The maximum Gasteiger partial charge on any atom is 0.261 e. The minimum atomic E-state index is -0.372. The number of hydrogen-bond acceptors (Lipinski definition) is 6. The van der Waals surface area contributed by atoms with Crippen molar-refractivity contribution in [1.29, 1.82) is 5.26 Å². The Morgan fingerprint density at radius 1 is 1.19 bits per heavy atom. The minimum Gasteiger partial charge on any atom is -0.347 e. The summed E-state index contributed by atoms with van der Waals surface area (Å²) in [7, 11) is 1.66. The molecule has 1 aliphatic carbocycles. The van der Waals surface area contributed by atoms with E-state index in [2.05, 4.69) is 20.6 Å². The summed E-state index contributed by atoms with van der Waals surface area (Å²) in [4.78, 5) is 34.4. The standard InChI is InChI=1S/C28H23ClN6O2/c1-35-25-20(13-23(27(35)37)22-7-2-3-8-24(22)29)16-32-28(34-25)33-21-6-4-5-18(12-21)15-31-26(36)19(14-30)11-17-9-10-17/h2-8,11-13,16-17H,9-10,15H2,1H3,(H,31,36)(H,32,33,34)/b19-11-. The molecular formula is C28H23ClN6O2. The zero-order valence-corrected chi connectivity index (χ0v) is 20.8. The highest BCUT2D eigenvalue weighted by Crippen LogP contribution is 2.31. The number of carbonyl (C=O) groups excluding carboxylic acids is 1. The van der Waals surface area contributed by atoms with Crippen LogP contribution < -0.4 is 16.2 Å². The Balaban J connectivity index is 1.35. The zero-order valence-electron chi connectivity index (χ0n) is 20.0. The van der Waals surface area contributed by atoms with Gasteiger partial charge in [-0.1, -0.05) is 48.0 Å². The molecule has 1 aliphatic rings. The highest BCUT2D eigenvalue weighted by Gasteiger charge is 2.21. The van der Waals surface area contributed by atoms with Crippen LogP contribution in [0, 0.1) is 17.2 Å². The number of hydrogen-bond donors (Lipinski definition) is 2. The van der Waals surface area contributed by atoms with Crippen LogP contribution in [0.3, 0.4) is 0 Å². The second-order valence-electron chi connectivity index (χ2n) is 8.91. The van der Waals surface area contributed by atoms with Crippen LogP contribution in [0.5, 0.6) is 0 Å². The third kappa shape index (κ3) is 5.37. The Kier molecular flexibility index (Phi) is 6.71. The molecule has 1 fully saturated rings. The summed E-state index contributed by atoms with van der Waals surface area (Å²) < 4.78 is 1.48. The molecule has 5 rings (SSSR count). The quantitative estimate of drug-likeness (QED) is 0.271. The first-order valence-electron chi connectivity index (χ1n) is 11.8. The van der Waals surface area contributed by atoms with E-state index in [1.165, 1.54) is 4.57 Å². The number of anilines is 2. The van der Waals surface area contributed by atoms with Gasteiger partial charge in [-0.2, -0.15) is 10.2 Å². The fourth-order valence-corrected chi connectivity index (χ4v) is 4.25. The predicted octanol–water partition coefficient (Wildman–Crippen LogP) is 4.87. The van der Waals surface area contributed by atoms with E-state index in [1.807, 2.05) is 48.5 Å². The van der Waals surface area contributed by atoms with Crippen molar-refractivity contribution in [2.45, 2.75) is 19.4 Å². The van der Waals surface area contributed by atoms with E-state index in [0.29, 0.717) is 39.0 Å². The zero-order chi connectivity index (χ0) is 25.9. The molecule has 184 valence electrons. The molecule has 0 aliphatic heterocycles. The Morgan fingerprint density at radius 2 is 2.00 bits per heavy atom. The molecule has 8 nitrogen and oxygen atoms in total. The fourth-order valence-electron chi connectivity index (χ4n) is 4.01. The van der Waals surface area contributed by atoms with Crippen molar-refractivity contribution < 1.29 is 4.79 Å². The maximum absolute atomic E-state index is 13.1. The molecule has 0 unspecified atom stereocenters. The van der Waals surface area contributed by atoms with E-state index in [4.69, 9.17) is 11.6 Å². The third-order valence-electron chi connectivity index (χ3n) is 6.14. The number of amides is 1. The highest BCUT2D eigenvalue weighted by atomic mass is 35.5. The van der Waals surface area contributed by atoms with Gasteiger partial charge in [0, 0.05) is 47.0 Å². The molecule has 2 aromatic carbocycles. The van der Waals surface area contributed by atoms with Crippen LogP contribution in [-0.4, -0.2) is 20.4 Å². The van der Waals surface area contributed by atoms with Gasteiger partial charge in [0.1, 0.15) is 17.3 Å². The van der Waals surface area contributed by atoms with Gasteiger partial charge in [-0.15, -0.1) is 0 Å². The molecule has 0 bridgehead atoms. The van der Waals surface area contributed by atoms with Gasteiger partial charge in [-0.3, -0.25) is 14.2 Å². The Hall–Kier alpha value is -4.48. The number of fused-ring (bicyclic) bond motifs is 1. The summed E-state index contributed by atoms with van der Waals surface area (Å²) in [6.45, 7) is 0.274. The molecule has 0 spiro atoms. The summed E-state index contributed by atoms with van der Waals surface area (Å²) in [5, 5.41) is 16.4. The number of benzene rings is 2. The second-order valence-corrected chi connectivity index (χ2v) is 9.32. The van der Waals surface area contributed by atoms with E-state index in [0.717, 1.165) is 24.1 Å². The van der Waals surface area contributed by atoms with Gasteiger partial charge in [-0.25, -0.2) is 4.98 Å². The molecule has 1 amide bonds. The van der Waals surface area contributed by atoms with E-state index in [-0.39, 0.29) is 23.6 Å². The first-order chi connectivity index (χ1) is 17.9. The number of aryl methyl sites for hydroxylation is 1. The lowest BCUT2D eigenvalue weighted by Gasteiger charge is -2.12. The van der Waals surface area contributed by atoms with Gasteiger partial charge >= 0.3 is 0 Å². The molecule has 2 N–H and O–H groups in total. The average molecular weight is 511 g/mol. The van der Waals surface area contributed by atoms with E-state index in [9.17, 15) is 14.9 Å². The Morgan fingerprint density at radius 3 is 2.76 bits per heavy atom. The van der Waals surface area contributed by atoms with Gasteiger partial charge in [0.2, 0.25) is 5.95 Å². The van der Waals surface area contributed by atoms with Crippen molar-refractivity contribution >= 4 is 40.2 Å². The van der Waals surface area contributed by atoms with Gasteiger partial charge in [0.05, 0.1) is 0 Å². The molecule has 37 heavy (non-hydrogen) atoms. The number of nitrogens with zero attached hydrogens (tertiary/aromatic N) is 4. The first-order valence-corrected chi connectivity index (χ1v) is 12.2. The van der Waals surface area contributed by atoms with Crippen LogP contribution in [-0.2, 0) is 18.4 Å². The summed E-state index contributed by atoms with van der Waals surface area (Å²) in [5.41, 5.74) is 3.12. The SMILES string of the molecule is Cn1c(=O)c(-c2ccccc2Cl)cc2cnc(Nc3cccc(CNC(=O)/C(C#N)=C\C4CC4)c3)nc21. The summed E-state index contributed by atoms with van der Waals surface area (Å²) >= 11 is 6.32. The van der Waals surface area contributed by atoms with Gasteiger partial charge < -0.3 is 10.6 Å². The average Bonchev–Trinajstić information content (AvgIpc) is 3.73. The number of halogens is 1. The lowest BCUT2D eigenvalue weighted by molar-refractivity contribution is -0.117. The van der Waals surface area contributed by atoms with Crippen LogP contribution in [0.4, 0.5) is 11.6 Å². The normalized spacial score (nSPS) is 13.3. The molecule has 2 heterocycles. The molecule has 9 heteroatoms. The van der Waals surface area contributed by atoms with E-state index >= 15 is 0 Å². The molecule has 0 radical (unpaired) electrons. The van der Waals surface area contributed by atoms with Crippen molar-refractivity contribution in [1.82, 2.24) is 19.9 Å². The smallest absolute Gasteiger partial charge is 0.261 e. The Labute approximate surface area is 218 Å². The topological polar surface area (TPSA) is 113 Å². The number of nitriles is 1. The predicted molar refractivity (Wildman–Crippen MR) is 143 cm³/mol.